The molecule has 39 heavy (non-hydrogen) atoms. The number of nitrogens with one attached hydrogen (secondary N) is 1. The molecule has 0 bridgehead atoms. The van der Waals surface area contributed by atoms with Gasteiger partial charge in [0.05, 0.1) is 4.88 Å². The molecular formula is C30H34ClN5O2S. The number of halogens is 1. The lowest BCUT2D eigenvalue weighted by Crippen LogP contribution is -2.42. The van der Waals surface area contributed by atoms with Gasteiger partial charge in [0.25, 0.3) is 11.8 Å². The van der Waals surface area contributed by atoms with Crippen molar-refractivity contribution in [1.29, 1.82) is 5.53 Å². The highest BCUT2D eigenvalue weighted by Gasteiger charge is 2.34. The molecule has 9 heteroatoms. The summed E-state index contributed by atoms with van der Waals surface area (Å²) in [5, 5.41) is 5.66. The topological polar surface area (TPSA) is 112 Å². The molecule has 7 nitrogen and oxygen atoms in total. The second-order valence-electron chi connectivity index (χ2n) is 11.1. The molecule has 0 saturated heterocycles. The summed E-state index contributed by atoms with van der Waals surface area (Å²) >= 11 is 7.51. The van der Waals surface area contributed by atoms with E-state index in [2.05, 4.69) is 30.9 Å². The fourth-order valence-corrected chi connectivity index (χ4v) is 6.14. The van der Waals surface area contributed by atoms with Gasteiger partial charge >= 0.3 is 0 Å². The maximum atomic E-state index is 14.0. The van der Waals surface area contributed by atoms with E-state index in [1.54, 1.807) is 12.1 Å². The highest BCUT2D eigenvalue weighted by Crippen LogP contribution is 2.40. The third-order valence-corrected chi connectivity index (χ3v) is 8.67. The number of nitrogens with two attached hydrogens (primary N) is 1. The van der Waals surface area contributed by atoms with E-state index in [1.165, 1.54) is 11.3 Å². The number of amides is 2. The number of rotatable bonds is 6. The van der Waals surface area contributed by atoms with Gasteiger partial charge in [0.1, 0.15) is 0 Å². The first-order valence-electron chi connectivity index (χ1n) is 13.1. The largest absolute Gasteiger partial charge is 0.366 e. The zero-order valence-corrected chi connectivity index (χ0v) is 24.1. The van der Waals surface area contributed by atoms with Crippen LogP contribution in [0.25, 0.3) is 11.1 Å². The number of hydrogen-bond acceptors (Lipinski definition) is 4. The number of guanidine groups is 1. The van der Waals surface area contributed by atoms with Gasteiger partial charge in [0.2, 0.25) is 5.96 Å². The summed E-state index contributed by atoms with van der Waals surface area (Å²) in [4.78, 5) is 32.5. The number of carbonyl (C=O) groups is 2. The molecule has 1 aromatic heterocycles. The molecule has 2 aromatic carbocycles. The summed E-state index contributed by atoms with van der Waals surface area (Å²) in [7, 11) is 0. The first kappa shape index (κ1) is 28.6. The highest BCUT2D eigenvalue weighted by atomic mass is 35.5. The molecule has 3 N–H and O–H groups in total. The Balaban J connectivity index is 1.57. The Morgan fingerprint density at radius 2 is 1.67 bits per heavy atom. The maximum absolute atomic E-state index is 14.0. The van der Waals surface area contributed by atoms with Crippen LogP contribution in [0.5, 0.6) is 0 Å². The number of aliphatic imine (C=N–C) groups is 1. The predicted octanol–water partition coefficient (Wildman–Crippen LogP) is 7.80. The zero-order chi connectivity index (χ0) is 28.2. The molecular weight excluding hydrogens is 530 g/mol. The zero-order valence-electron chi connectivity index (χ0n) is 22.5. The third kappa shape index (κ3) is 7.19. The minimum absolute atomic E-state index is 0.0222. The summed E-state index contributed by atoms with van der Waals surface area (Å²) < 4.78 is 0. The van der Waals surface area contributed by atoms with Gasteiger partial charge in [-0.2, -0.15) is 4.99 Å². The van der Waals surface area contributed by atoms with Crippen LogP contribution < -0.4 is 5.73 Å². The van der Waals surface area contributed by atoms with E-state index >= 15 is 0 Å². The molecule has 2 amide bonds. The standard InChI is InChI=1S/C30H34ClN5O2S/c1-30(2,3)23-10-14-25(15-11-23)36(17-19-4-6-21(7-5-19)27(37)34-29(32)35-33)28(38)26-16-22(18-39-26)20-8-12-24(31)13-9-20/h4-9,12-13,16,18,23,25,33H,10-11,14-15,17H2,1-3H3,(H2,32,34,37). The van der Waals surface area contributed by atoms with Crippen LogP contribution in [0.2, 0.25) is 5.02 Å². The SMILES string of the molecule is CC(C)(C)C1CCC(N(Cc2ccc(C(=O)N=C(N)N=N)cc2)C(=O)c2cc(-c3ccc(Cl)cc3)cs2)CC1. The van der Waals surface area contributed by atoms with Gasteiger partial charge in [-0.1, -0.05) is 56.6 Å². The molecule has 0 atom stereocenters. The Labute approximate surface area is 238 Å². The Bertz CT molecular complexity index is 1350. The van der Waals surface area contributed by atoms with E-state index in [4.69, 9.17) is 22.9 Å². The number of hydrogen-bond donors (Lipinski definition) is 2. The lowest BCUT2D eigenvalue weighted by atomic mass is 9.71. The molecule has 0 spiro atoms. The number of carbonyl (C=O) groups excluding carboxylic acids is 2. The average molecular weight is 564 g/mol. The molecule has 0 radical (unpaired) electrons. The number of nitrogens with zero attached hydrogens (tertiary/aromatic N) is 3. The van der Waals surface area contributed by atoms with E-state index in [0.717, 1.165) is 42.4 Å². The second kappa shape index (κ2) is 12.2. The first-order chi connectivity index (χ1) is 18.5. The minimum atomic E-state index is -0.559. The third-order valence-electron chi connectivity index (χ3n) is 7.50. The Morgan fingerprint density at radius 1 is 1.03 bits per heavy atom. The van der Waals surface area contributed by atoms with Crippen LogP contribution in [0.1, 0.15) is 72.0 Å². The summed E-state index contributed by atoms with van der Waals surface area (Å²) in [5.74, 6) is -0.288. The second-order valence-corrected chi connectivity index (χ2v) is 12.4. The highest BCUT2D eigenvalue weighted by molar-refractivity contribution is 7.12. The van der Waals surface area contributed by atoms with Crippen molar-refractivity contribution in [2.75, 3.05) is 0 Å². The lowest BCUT2D eigenvalue weighted by molar-refractivity contribution is 0.0535. The monoisotopic (exact) mass is 563 g/mol. The van der Waals surface area contributed by atoms with Crippen LogP contribution in [-0.2, 0) is 6.54 Å². The first-order valence-corrected chi connectivity index (χ1v) is 14.3. The Kier molecular flexibility index (Phi) is 8.97. The quantitative estimate of drug-likeness (QED) is 0.181. The van der Waals surface area contributed by atoms with Gasteiger partial charge in [-0.05, 0) is 89.4 Å². The van der Waals surface area contributed by atoms with Crippen molar-refractivity contribution in [1.82, 2.24) is 4.90 Å². The van der Waals surface area contributed by atoms with E-state index in [-0.39, 0.29) is 23.3 Å². The van der Waals surface area contributed by atoms with Crippen molar-refractivity contribution < 1.29 is 9.59 Å². The summed E-state index contributed by atoms with van der Waals surface area (Å²) in [6.07, 6.45) is 4.10. The molecule has 1 aliphatic carbocycles. The van der Waals surface area contributed by atoms with Gasteiger partial charge in [-0.15, -0.1) is 16.5 Å². The van der Waals surface area contributed by atoms with Crippen LogP contribution in [0.3, 0.4) is 0 Å². The van der Waals surface area contributed by atoms with Gasteiger partial charge in [0, 0.05) is 23.2 Å². The van der Waals surface area contributed by atoms with Crippen molar-refractivity contribution in [3.8, 4) is 11.1 Å². The summed E-state index contributed by atoms with van der Waals surface area (Å²) in [5.41, 5.74) is 15.8. The molecule has 4 rings (SSSR count). The smallest absolute Gasteiger partial charge is 0.280 e. The van der Waals surface area contributed by atoms with Crippen LogP contribution in [-0.4, -0.2) is 28.7 Å². The summed E-state index contributed by atoms with van der Waals surface area (Å²) in [6, 6.07) is 16.7. The van der Waals surface area contributed by atoms with Crippen molar-refractivity contribution in [3.63, 3.8) is 0 Å². The predicted molar refractivity (Wildman–Crippen MR) is 157 cm³/mol. The molecule has 204 valence electrons. The maximum Gasteiger partial charge on any atom is 0.280 e. The van der Waals surface area contributed by atoms with Gasteiger partial charge < -0.3 is 10.6 Å². The van der Waals surface area contributed by atoms with Crippen molar-refractivity contribution in [2.45, 2.75) is 59.0 Å². The molecule has 1 fully saturated rings. The van der Waals surface area contributed by atoms with Crippen LogP contribution in [0, 0.1) is 16.9 Å². The summed E-state index contributed by atoms with van der Waals surface area (Å²) in [6.45, 7) is 7.33. The Morgan fingerprint density at radius 3 is 2.26 bits per heavy atom. The van der Waals surface area contributed by atoms with Gasteiger partial charge in [-0.25, -0.2) is 5.53 Å². The van der Waals surface area contributed by atoms with Gasteiger partial charge in [-0.3, -0.25) is 9.59 Å². The van der Waals surface area contributed by atoms with Crippen molar-refractivity contribution in [2.24, 2.45) is 27.2 Å². The normalized spacial score (nSPS) is 18.0. The fraction of sp³-hybridized carbons (Fsp3) is 0.367. The van der Waals surface area contributed by atoms with E-state index in [1.807, 2.05) is 52.7 Å². The fourth-order valence-electron chi connectivity index (χ4n) is 5.15. The minimum Gasteiger partial charge on any atom is -0.366 e. The molecule has 3 aromatic rings. The molecule has 1 aliphatic rings. The lowest BCUT2D eigenvalue weighted by Gasteiger charge is -2.41. The average Bonchev–Trinajstić information content (AvgIpc) is 3.42. The molecule has 1 heterocycles. The molecule has 0 aliphatic heterocycles. The van der Waals surface area contributed by atoms with Crippen molar-refractivity contribution >= 4 is 40.7 Å². The molecule has 0 unspecified atom stereocenters. The van der Waals surface area contributed by atoms with Gasteiger partial charge in [0.15, 0.2) is 0 Å². The van der Waals surface area contributed by atoms with E-state index in [9.17, 15) is 9.59 Å². The van der Waals surface area contributed by atoms with Crippen LogP contribution in [0.4, 0.5) is 0 Å². The Hall–Kier alpha value is -3.36. The van der Waals surface area contributed by atoms with Crippen LogP contribution >= 0.6 is 22.9 Å². The molecule has 1 saturated carbocycles. The van der Waals surface area contributed by atoms with E-state index < -0.39 is 5.91 Å². The number of benzene rings is 2. The number of thiophene rings is 1. The van der Waals surface area contributed by atoms with Crippen LogP contribution in [0.15, 0.2) is 70.1 Å². The van der Waals surface area contributed by atoms with E-state index in [0.29, 0.717) is 27.9 Å². The van der Waals surface area contributed by atoms with Crippen molar-refractivity contribution in [3.05, 3.63) is 81.0 Å².